The Morgan fingerprint density at radius 1 is 1.47 bits per heavy atom. The van der Waals surface area contributed by atoms with Gasteiger partial charge in [0.25, 0.3) is 5.91 Å². The van der Waals surface area contributed by atoms with E-state index >= 15 is 0 Å². The summed E-state index contributed by atoms with van der Waals surface area (Å²) in [4.78, 5) is 11.9. The van der Waals surface area contributed by atoms with Crippen LogP contribution in [0.5, 0.6) is 0 Å². The van der Waals surface area contributed by atoms with E-state index in [0.29, 0.717) is 17.3 Å². The van der Waals surface area contributed by atoms with E-state index in [-0.39, 0.29) is 5.91 Å². The highest BCUT2D eigenvalue weighted by Crippen LogP contribution is 2.13. The normalized spacial score (nSPS) is 10.7. The van der Waals surface area contributed by atoms with Crippen LogP contribution in [0, 0.1) is 0 Å². The van der Waals surface area contributed by atoms with Crippen LogP contribution in [-0.2, 0) is 13.6 Å². The molecule has 2 aromatic heterocycles. The van der Waals surface area contributed by atoms with E-state index in [2.05, 4.69) is 31.4 Å². The maximum Gasteiger partial charge on any atom is 0.271 e. The summed E-state index contributed by atoms with van der Waals surface area (Å²) in [7, 11) is 1.68. The molecule has 0 aliphatic carbocycles. The smallest absolute Gasteiger partial charge is 0.271 e. The van der Waals surface area contributed by atoms with Gasteiger partial charge in [-0.15, -0.1) is 0 Å². The van der Waals surface area contributed by atoms with Gasteiger partial charge in [0.1, 0.15) is 5.69 Å². The molecule has 2 heterocycles. The van der Waals surface area contributed by atoms with Crippen LogP contribution in [0.25, 0.3) is 0 Å². The number of hydrogen-bond donors (Lipinski definition) is 1. The number of nitrogens with zero attached hydrogens (tertiary/aromatic N) is 4. The molecule has 19 heavy (non-hydrogen) atoms. The largest absolute Gasteiger partial charge is 0.351 e. The highest BCUT2D eigenvalue weighted by atomic mass is 79.9. The van der Waals surface area contributed by atoms with Crippen molar-refractivity contribution in [1.29, 1.82) is 0 Å². The molecule has 0 saturated carbocycles. The molecular formula is C11H13BrClN5O. The Bertz CT molecular complexity index is 560. The van der Waals surface area contributed by atoms with Crippen molar-refractivity contribution in [2.75, 3.05) is 6.54 Å². The fourth-order valence-electron chi connectivity index (χ4n) is 1.65. The first kappa shape index (κ1) is 14.1. The van der Waals surface area contributed by atoms with Crippen LogP contribution >= 0.6 is 27.5 Å². The first-order valence-electron chi connectivity index (χ1n) is 5.71. The molecule has 1 N–H and O–H groups in total. The Labute approximate surface area is 123 Å². The van der Waals surface area contributed by atoms with E-state index in [4.69, 9.17) is 11.6 Å². The molecular weight excluding hydrogens is 334 g/mol. The molecule has 8 heteroatoms. The van der Waals surface area contributed by atoms with Crippen molar-refractivity contribution >= 4 is 33.4 Å². The van der Waals surface area contributed by atoms with E-state index in [0.717, 1.165) is 17.4 Å². The van der Waals surface area contributed by atoms with Gasteiger partial charge >= 0.3 is 0 Å². The fraction of sp³-hybridized carbons (Fsp3) is 0.364. The Balaban J connectivity index is 1.78. The molecule has 0 saturated heterocycles. The van der Waals surface area contributed by atoms with Crippen molar-refractivity contribution in [3.8, 4) is 0 Å². The molecule has 0 aromatic carbocycles. The lowest BCUT2D eigenvalue weighted by molar-refractivity contribution is 0.0943. The van der Waals surface area contributed by atoms with Crippen molar-refractivity contribution in [3.63, 3.8) is 0 Å². The van der Waals surface area contributed by atoms with E-state index in [1.54, 1.807) is 13.2 Å². The van der Waals surface area contributed by atoms with Gasteiger partial charge < -0.3 is 5.32 Å². The third-order valence-electron chi connectivity index (χ3n) is 2.56. The summed E-state index contributed by atoms with van der Waals surface area (Å²) in [5, 5.41) is 11.2. The van der Waals surface area contributed by atoms with E-state index in [1.165, 1.54) is 10.9 Å². The van der Waals surface area contributed by atoms with Crippen LogP contribution in [0.3, 0.4) is 0 Å². The average molecular weight is 347 g/mol. The average Bonchev–Trinajstić information content (AvgIpc) is 2.91. The number of rotatable bonds is 5. The van der Waals surface area contributed by atoms with Crippen molar-refractivity contribution in [3.05, 3.63) is 33.8 Å². The predicted molar refractivity (Wildman–Crippen MR) is 75.1 cm³/mol. The summed E-state index contributed by atoms with van der Waals surface area (Å²) < 4.78 is 4.22. The van der Waals surface area contributed by atoms with Gasteiger partial charge in [0.2, 0.25) is 0 Å². The zero-order chi connectivity index (χ0) is 13.8. The van der Waals surface area contributed by atoms with Gasteiger partial charge in [-0.05, 0) is 22.4 Å². The van der Waals surface area contributed by atoms with Gasteiger partial charge in [0.05, 0.1) is 21.9 Å². The van der Waals surface area contributed by atoms with Gasteiger partial charge in [-0.1, -0.05) is 11.6 Å². The lowest BCUT2D eigenvalue weighted by atomic mass is 10.3. The second-order valence-corrected chi connectivity index (χ2v) is 5.32. The molecule has 0 unspecified atom stereocenters. The lowest BCUT2D eigenvalue weighted by Gasteiger charge is -2.06. The monoisotopic (exact) mass is 345 g/mol. The highest BCUT2D eigenvalue weighted by Gasteiger charge is 2.14. The van der Waals surface area contributed by atoms with Crippen molar-refractivity contribution in [2.45, 2.75) is 13.0 Å². The number of aryl methyl sites for hydroxylation is 2. The van der Waals surface area contributed by atoms with E-state index < -0.39 is 0 Å². The molecule has 0 fully saturated rings. The number of nitrogens with one attached hydrogen (secondary N) is 1. The van der Waals surface area contributed by atoms with Gasteiger partial charge in [-0.3, -0.25) is 14.2 Å². The molecule has 0 aliphatic heterocycles. The van der Waals surface area contributed by atoms with Crippen molar-refractivity contribution in [2.24, 2.45) is 7.05 Å². The third kappa shape index (κ3) is 3.57. The summed E-state index contributed by atoms with van der Waals surface area (Å²) in [5.41, 5.74) is 0.378. The Hall–Kier alpha value is -1.34. The molecule has 1 amide bonds. The number of carbonyl (C=O) groups is 1. The fourth-order valence-corrected chi connectivity index (χ4v) is 2.23. The minimum absolute atomic E-state index is 0.216. The maximum atomic E-state index is 11.9. The number of hydrogen-bond acceptors (Lipinski definition) is 3. The number of amides is 1. The van der Waals surface area contributed by atoms with Gasteiger partial charge in [-0.2, -0.15) is 10.2 Å². The molecule has 0 aliphatic rings. The number of carbonyl (C=O) groups excluding carboxylic acids is 1. The van der Waals surface area contributed by atoms with Crippen LogP contribution in [-0.4, -0.2) is 32.0 Å². The van der Waals surface area contributed by atoms with Crippen LogP contribution in [0.1, 0.15) is 16.9 Å². The van der Waals surface area contributed by atoms with Crippen LogP contribution in [0.4, 0.5) is 0 Å². The quantitative estimate of drug-likeness (QED) is 0.840. The molecule has 2 aromatic rings. The second kappa shape index (κ2) is 6.21. The Morgan fingerprint density at radius 2 is 2.26 bits per heavy atom. The zero-order valence-electron chi connectivity index (χ0n) is 10.3. The number of halogens is 2. The molecule has 0 bridgehead atoms. The molecule has 6 nitrogen and oxygen atoms in total. The van der Waals surface area contributed by atoms with Gasteiger partial charge in [-0.25, -0.2) is 0 Å². The highest BCUT2D eigenvalue weighted by molar-refractivity contribution is 9.10. The lowest BCUT2D eigenvalue weighted by Crippen LogP contribution is -2.27. The van der Waals surface area contributed by atoms with Crippen molar-refractivity contribution < 1.29 is 4.79 Å². The second-order valence-electron chi connectivity index (χ2n) is 4.00. The summed E-state index contributed by atoms with van der Waals surface area (Å²) in [6.07, 6.45) is 5.86. The van der Waals surface area contributed by atoms with Gasteiger partial charge in [0.15, 0.2) is 0 Å². The van der Waals surface area contributed by atoms with Crippen LogP contribution in [0.2, 0.25) is 5.02 Å². The minimum atomic E-state index is -0.216. The van der Waals surface area contributed by atoms with Crippen LogP contribution < -0.4 is 5.32 Å². The Kier molecular flexibility index (Phi) is 4.60. The summed E-state index contributed by atoms with van der Waals surface area (Å²) in [6.45, 7) is 1.29. The topological polar surface area (TPSA) is 64.7 Å². The summed E-state index contributed by atoms with van der Waals surface area (Å²) in [5.74, 6) is -0.216. The first-order chi connectivity index (χ1) is 9.08. The van der Waals surface area contributed by atoms with Gasteiger partial charge in [0, 0.05) is 26.3 Å². The predicted octanol–water partition coefficient (Wildman–Crippen LogP) is 1.85. The third-order valence-corrected chi connectivity index (χ3v) is 3.25. The molecule has 102 valence electrons. The molecule has 0 radical (unpaired) electrons. The standard InChI is InChI=1S/C11H13BrClN5O/c1-17-10(9(13)6-15-17)11(19)14-3-2-4-18-7-8(12)5-16-18/h5-7H,2-4H2,1H3,(H,14,19). The Morgan fingerprint density at radius 3 is 2.84 bits per heavy atom. The van der Waals surface area contributed by atoms with E-state index in [9.17, 15) is 4.79 Å². The SMILES string of the molecule is Cn1ncc(Cl)c1C(=O)NCCCn1cc(Br)cn1. The zero-order valence-corrected chi connectivity index (χ0v) is 12.6. The first-order valence-corrected chi connectivity index (χ1v) is 6.88. The van der Waals surface area contributed by atoms with E-state index in [1.807, 2.05) is 10.9 Å². The van der Waals surface area contributed by atoms with Crippen LogP contribution in [0.15, 0.2) is 23.1 Å². The molecule has 2 rings (SSSR count). The molecule has 0 spiro atoms. The molecule has 0 atom stereocenters. The minimum Gasteiger partial charge on any atom is -0.351 e. The maximum absolute atomic E-state index is 11.9. The number of aromatic nitrogens is 4. The summed E-state index contributed by atoms with van der Waals surface area (Å²) >= 11 is 9.22. The van der Waals surface area contributed by atoms with Crippen molar-refractivity contribution in [1.82, 2.24) is 24.9 Å². The summed E-state index contributed by atoms with van der Waals surface area (Å²) in [6, 6.07) is 0.